The third-order valence-electron chi connectivity index (χ3n) is 5.40. The van der Waals surface area contributed by atoms with Crippen molar-refractivity contribution >= 4 is 29.1 Å². The number of hydrogen-bond donors (Lipinski definition) is 1. The number of nitrogens with zero attached hydrogens (tertiary/aromatic N) is 1. The van der Waals surface area contributed by atoms with E-state index in [4.69, 9.17) is 11.6 Å². The van der Waals surface area contributed by atoms with Gasteiger partial charge in [0.05, 0.1) is 22.6 Å². The van der Waals surface area contributed by atoms with Crippen LogP contribution in [0.4, 0.5) is 0 Å². The van der Waals surface area contributed by atoms with Crippen molar-refractivity contribution in [2.24, 2.45) is 0 Å². The fraction of sp³-hybridized carbons (Fsp3) is 0.250. The van der Waals surface area contributed by atoms with Crippen molar-refractivity contribution in [2.45, 2.75) is 37.9 Å². The van der Waals surface area contributed by atoms with Gasteiger partial charge in [-0.15, -0.1) is 11.8 Å². The van der Waals surface area contributed by atoms with Crippen molar-refractivity contribution in [2.75, 3.05) is 0 Å². The average molecular weight is 421 g/mol. The maximum Gasteiger partial charge on any atom is 0.161 e. The Morgan fingerprint density at radius 3 is 2.66 bits per heavy atom. The molecule has 0 amide bonds. The number of nitriles is 1. The number of carbonyl (C=O) groups is 1. The zero-order valence-electron chi connectivity index (χ0n) is 16.2. The molecule has 0 spiro atoms. The van der Waals surface area contributed by atoms with Gasteiger partial charge in [0.25, 0.3) is 0 Å². The topological polar surface area (TPSA) is 52.9 Å². The normalized spacial score (nSPS) is 18.9. The van der Waals surface area contributed by atoms with Crippen molar-refractivity contribution in [3.8, 4) is 6.07 Å². The lowest BCUT2D eigenvalue weighted by molar-refractivity contribution is -0.116. The van der Waals surface area contributed by atoms with Crippen LogP contribution >= 0.6 is 23.4 Å². The van der Waals surface area contributed by atoms with E-state index < -0.39 is 0 Å². The molecule has 0 aromatic heterocycles. The van der Waals surface area contributed by atoms with Crippen LogP contribution in [-0.4, -0.2) is 5.78 Å². The van der Waals surface area contributed by atoms with Gasteiger partial charge in [0, 0.05) is 28.5 Å². The lowest BCUT2D eigenvalue weighted by Crippen LogP contribution is -2.31. The zero-order chi connectivity index (χ0) is 20.4. The van der Waals surface area contributed by atoms with Gasteiger partial charge in [-0.05, 0) is 37.0 Å². The standard InChI is InChI=1S/C24H21ClN2OS/c1-15-9-11-16(12-10-15)22-18(13-26)24(27-20-7-4-8-21(28)23(20)22)29-14-17-5-2-3-6-19(17)25/h2-3,5-6,9-12,22,27H,4,7-8,14H2,1H3/t22-/m0/s1. The second kappa shape index (κ2) is 8.49. The molecule has 146 valence electrons. The molecule has 29 heavy (non-hydrogen) atoms. The molecule has 0 bridgehead atoms. The first-order valence-electron chi connectivity index (χ1n) is 9.68. The van der Waals surface area contributed by atoms with Gasteiger partial charge in [0.15, 0.2) is 5.78 Å². The van der Waals surface area contributed by atoms with Crippen LogP contribution in [0, 0.1) is 18.3 Å². The summed E-state index contributed by atoms with van der Waals surface area (Å²) in [7, 11) is 0. The van der Waals surface area contributed by atoms with E-state index >= 15 is 0 Å². The van der Waals surface area contributed by atoms with Crippen molar-refractivity contribution in [3.05, 3.63) is 92.1 Å². The van der Waals surface area contributed by atoms with E-state index in [1.807, 2.05) is 55.5 Å². The van der Waals surface area contributed by atoms with Gasteiger partial charge in [0.2, 0.25) is 0 Å². The van der Waals surface area contributed by atoms with E-state index in [1.165, 1.54) is 0 Å². The fourth-order valence-corrected chi connectivity index (χ4v) is 5.24. The minimum absolute atomic E-state index is 0.146. The predicted molar refractivity (Wildman–Crippen MR) is 118 cm³/mol. The van der Waals surface area contributed by atoms with E-state index in [0.717, 1.165) is 50.9 Å². The summed E-state index contributed by atoms with van der Waals surface area (Å²) in [5, 5.41) is 15.0. The Balaban J connectivity index is 1.75. The molecular weight excluding hydrogens is 400 g/mol. The molecule has 5 heteroatoms. The first-order valence-corrected chi connectivity index (χ1v) is 11.0. The zero-order valence-corrected chi connectivity index (χ0v) is 17.7. The number of hydrogen-bond acceptors (Lipinski definition) is 4. The summed E-state index contributed by atoms with van der Waals surface area (Å²) in [4.78, 5) is 12.8. The summed E-state index contributed by atoms with van der Waals surface area (Å²) < 4.78 is 0. The molecule has 0 unspecified atom stereocenters. The molecule has 1 atom stereocenters. The fourth-order valence-electron chi connectivity index (χ4n) is 3.89. The van der Waals surface area contributed by atoms with Crippen molar-refractivity contribution < 1.29 is 4.79 Å². The van der Waals surface area contributed by atoms with Crippen LogP contribution in [0.3, 0.4) is 0 Å². The number of nitrogens with one attached hydrogen (secondary N) is 1. The second-order valence-electron chi connectivity index (χ2n) is 7.37. The molecule has 4 rings (SSSR count). The maximum atomic E-state index is 12.8. The lowest BCUT2D eigenvalue weighted by Gasteiger charge is -2.33. The van der Waals surface area contributed by atoms with E-state index in [0.29, 0.717) is 17.7 Å². The Bertz CT molecular complexity index is 1060. The number of thioether (sulfide) groups is 1. The SMILES string of the molecule is Cc1ccc([C@H]2C(C#N)=C(SCc3ccccc3Cl)NC3=C2C(=O)CCC3)cc1. The first kappa shape index (κ1) is 19.8. The van der Waals surface area contributed by atoms with Crippen LogP contribution < -0.4 is 5.32 Å². The molecule has 2 aliphatic rings. The van der Waals surface area contributed by atoms with E-state index in [1.54, 1.807) is 11.8 Å². The summed E-state index contributed by atoms with van der Waals surface area (Å²) in [6, 6.07) is 18.3. The molecule has 0 fully saturated rings. The first-order chi connectivity index (χ1) is 14.1. The smallest absolute Gasteiger partial charge is 0.161 e. The van der Waals surface area contributed by atoms with Crippen LogP contribution in [0.15, 0.2) is 70.4 Å². The van der Waals surface area contributed by atoms with E-state index in [9.17, 15) is 10.1 Å². The van der Waals surface area contributed by atoms with Gasteiger partial charge in [0.1, 0.15) is 0 Å². The molecular formula is C24H21ClN2OS. The molecule has 2 aromatic carbocycles. The molecule has 0 radical (unpaired) electrons. The number of Topliss-reactive ketones (excluding diaryl/α,β-unsaturated/α-hetero) is 1. The lowest BCUT2D eigenvalue weighted by atomic mass is 9.77. The van der Waals surface area contributed by atoms with Crippen molar-refractivity contribution in [1.29, 1.82) is 5.26 Å². The van der Waals surface area contributed by atoms with Gasteiger partial charge < -0.3 is 5.32 Å². The predicted octanol–water partition coefficient (Wildman–Crippen LogP) is 6.01. The third kappa shape index (κ3) is 3.99. The quantitative estimate of drug-likeness (QED) is 0.657. The molecule has 1 aliphatic heterocycles. The van der Waals surface area contributed by atoms with Gasteiger partial charge in [-0.25, -0.2) is 0 Å². The van der Waals surface area contributed by atoms with Crippen LogP contribution in [0.25, 0.3) is 0 Å². The van der Waals surface area contributed by atoms with Gasteiger partial charge in [-0.2, -0.15) is 5.26 Å². The largest absolute Gasteiger partial charge is 0.352 e. The van der Waals surface area contributed by atoms with Gasteiger partial charge in [-0.3, -0.25) is 4.79 Å². The number of dihydropyridines is 1. The van der Waals surface area contributed by atoms with E-state index in [2.05, 4.69) is 11.4 Å². The summed E-state index contributed by atoms with van der Waals surface area (Å²) in [6.07, 6.45) is 2.22. The number of halogens is 1. The van der Waals surface area contributed by atoms with Crippen LogP contribution in [0.1, 0.15) is 41.9 Å². The maximum absolute atomic E-state index is 12.8. The minimum Gasteiger partial charge on any atom is -0.352 e. The number of allylic oxidation sites excluding steroid dienone is 3. The monoisotopic (exact) mass is 420 g/mol. The summed E-state index contributed by atoms with van der Waals surface area (Å²) in [5.74, 6) is 0.496. The molecule has 0 saturated heterocycles. The number of aryl methyl sites for hydroxylation is 1. The summed E-state index contributed by atoms with van der Waals surface area (Å²) in [5.41, 5.74) is 5.51. The third-order valence-corrected chi connectivity index (χ3v) is 6.84. The highest BCUT2D eigenvalue weighted by Crippen LogP contribution is 2.44. The Morgan fingerprint density at radius 2 is 1.93 bits per heavy atom. The molecule has 1 heterocycles. The highest BCUT2D eigenvalue weighted by Gasteiger charge is 2.36. The molecule has 2 aromatic rings. The van der Waals surface area contributed by atoms with Crippen molar-refractivity contribution in [3.63, 3.8) is 0 Å². The summed E-state index contributed by atoms with van der Waals surface area (Å²) >= 11 is 7.88. The number of carbonyl (C=O) groups excluding carboxylic acids is 1. The van der Waals surface area contributed by atoms with E-state index in [-0.39, 0.29) is 11.7 Å². The number of rotatable bonds is 4. The summed E-state index contributed by atoms with van der Waals surface area (Å²) in [6.45, 7) is 2.04. The van der Waals surface area contributed by atoms with Crippen molar-refractivity contribution in [1.82, 2.24) is 5.32 Å². The Hall–Kier alpha value is -2.48. The molecule has 1 N–H and O–H groups in total. The van der Waals surface area contributed by atoms with Crippen LogP contribution in [-0.2, 0) is 10.5 Å². The van der Waals surface area contributed by atoms with Gasteiger partial charge >= 0.3 is 0 Å². The minimum atomic E-state index is -0.307. The number of benzene rings is 2. The highest BCUT2D eigenvalue weighted by molar-refractivity contribution is 8.02. The van der Waals surface area contributed by atoms with Crippen LogP contribution in [0.5, 0.6) is 0 Å². The average Bonchev–Trinajstić information content (AvgIpc) is 2.73. The van der Waals surface area contributed by atoms with Gasteiger partial charge in [-0.1, -0.05) is 59.6 Å². The molecule has 0 saturated carbocycles. The Labute approximate surface area is 180 Å². The molecule has 3 nitrogen and oxygen atoms in total. The number of ketones is 1. The second-order valence-corrected chi connectivity index (χ2v) is 8.77. The Morgan fingerprint density at radius 1 is 1.17 bits per heavy atom. The Kier molecular flexibility index (Phi) is 5.80. The van der Waals surface area contributed by atoms with Crippen LogP contribution in [0.2, 0.25) is 5.02 Å². The molecule has 1 aliphatic carbocycles. The highest BCUT2D eigenvalue weighted by atomic mass is 35.5.